The lowest BCUT2D eigenvalue weighted by molar-refractivity contribution is 0.640. The fraction of sp³-hybridized carbons (Fsp3) is 0.667. The summed E-state index contributed by atoms with van der Waals surface area (Å²) in [5, 5.41) is 6.53. The molecule has 0 spiro atoms. The fourth-order valence-corrected chi connectivity index (χ4v) is 1.98. The van der Waals surface area contributed by atoms with Crippen molar-refractivity contribution in [1.82, 2.24) is 9.97 Å². The molecule has 1 aliphatic carbocycles. The molecule has 1 saturated carbocycles. The number of hydrogen-bond donors (Lipinski definition) is 3. The Labute approximate surface area is 102 Å². The van der Waals surface area contributed by atoms with Crippen molar-refractivity contribution in [3.63, 3.8) is 0 Å². The minimum Gasteiger partial charge on any atom is -0.370 e. The number of nitrogens with one attached hydrogen (secondary N) is 2. The highest BCUT2D eigenvalue weighted by Gasteiger charge is 2.23. The van der Waals surface area contributed by atoms with Gasteiger partial charge in [-0.1, -0.05) is 12.8 Å². The van der Waals surface area contributed by atoms with Gasteiger partial charge in [0.25, 0.3) is 0 Å². The Bertz CT molecular complexity index is 375. The van der Waals surface area contributed by atoms with Gasteiger partial charge in [-0.15, -0.1) is 0 Å². The van der Waals surface area contributed by atoms with Crippen LogP contribution in [0.4, 0.5) is 17.6 Å². The third-order valence-electron chi connectivity index (χ3n) is 2.88. The first-order chi connectivity index (χ1) is 8.17. The van der Waals surface area contributed by atoms with Crippen LogP contribution in [0.1, 0.15) is 33.1 Å². The quantitative estimate of drug-likeness (QED) is 0.704. The molecule has 0 aliphatic heterocycles. The first-order valence-electron chi connectivity index (χ1n) is 6.32. The summed E-state index contributed by atoms with van der Waals surface area (Å²) in [7, 11) is 0. The van der Waals surface area contributed by atoms with Gasteiger partial charge < -0.3 is 16.4 Å². The maximum absolute atomic E-state index is 5.68. The molecule has 5 heteroatoms. The van der Waals surface area contributed by atoms with Crippen molar-refractivity contribution >= 4 is 17.6 Å². The normalized spacial score (nSPS) is 16.6. The molecule has 1 heterocycles. The Morgan fingerprint density at radius 1 is 1.41 bits per heavy atom. The Kier molecular flexibility index (Phi) is 3.66. The highest BCUT2D eigenvalue weighted by molar-refractivity contribution is 5.51. The van der Waals surface area contributed by atoms with Crippen molar-refractivity contribution in [2.24, 2.45) is 5.92 Å². The van der Waals surface area contributed by atoms with Crippen LogP contribution < -0.4 is 16.4 Å². The first-order valence-corrected chi connectivity index (χ1v) is 6.32. The second-order valence-electron chi connectivity index (χ2n) is 4.75. The minimum absolute atomic E-state index is 0.310. The molecule has 1 unspecified atom stereocenters. The van der Waals surface area contributed by atoms with Gasteiger partial charge >= 0.3 is 0 Å². The number of nitrogens with zero attached hydrogens (tertiary/aromatic N) is 2. The third-order valence-corrected chi connectivity index (χ3v) is 2.88. The molecule has 1 fully saturated rings. The maximum Gasteiger partial charge on any atom is 0.223 e. The summed E-state index contributed by atoms with van der Waals surface area (Å²) in [5.41, 5.74) is 5.68. The summed E-state index contributed by atoms with van der Waals surface area (Å²) in [6, 6.07) is 2.34. The van der Waals surface area contributed by atoms with Crippen molar-refractivity contribution in [3.8, 4) is 0 Å². The molecule has 1 aliphatic rings. The first kappa shape index (κ1) is 12.0. The van der Waals surface area contributed by atoms with Crippen molar-refractivity contribution < 1.29 is 0 Å². The fourth-order valence-electron chi connectivity index (χ4n) is 1.98. The van der Waals surface area contributed by atoms with Crippen LogP contribution in [0.5, 0.6) is 0 Å². The summed E-state index contributed by atoms with van der Waals surface area (Å²) >= 11 is 0. The Balaban J connectivity index is 1.97. The summed E-state index contributed by atoms with van der Waals surface area (Å²) in [4.78, 5) is 8.32. The van der Waals surface area contributed by atoms with E-state index in [1.807, 2.05) is 13.0 Å². The summed E-state index contributed by atoms with van der Waals surface area (Å²) in [6.07, 6.45) is 3.96. The van der Waals surface area contributed by atoms with E-state index >= 15 is 0 Å². The van der Waals surface area contributed by atoms with Crippen LogP contribution in [0.25, 0.3) is 0 Å². The molecule has 94 valence electrons. The molecule has 1 aromatic rings. The number of hydrogen-bond acceptors (Lipinski definition) is 5. The zero-order valence-electron chi connectivity index (χ0n) is 10.5. The van der Waals surface area contributed by atoms with Gasteiger partial charge in [0.15, 0.2) is 0 Å². The van der Waals surface area contributed by atoms with E-state index in [2.05, 4.69) is 27.5 Å². The van der Waals surface area contributed by atoms with Crippen LogP contribution >= 0.6 is 0 Å². The molecule has 0 aromatic carbocycles. The molecule has 2 rings (SSSR count). The highest BCUT2D eigenvalue weighted by atomic mass is 15.1. The number of rotatable bonds is 6. The number of nitrogens with two attached hydrogens (primary N) is 1. The molecule has 17 heavy (non-hydrogen) atoms. The van der Waals surface area contributed by atoms with Crippen molar-refractivity contribution in [2.45, 2.75) is 39.2 Å². The monoisotopic (exact) mass is 235 g/mol. The molecule has 4 N–H and O–H groups in total. The predicted molar refractivity (Wildman–Crippen MR) is 71.0 cm³/mol. The summed E-state index contributed by atoms with van der Waals surface area (Å²) in [5.74, 6) is 2.80. The van der Waals surface area contributed by atoms with Crippen LogP contribution in [0.2, 0.25) is 0 Å². The van der Waals surface area contributed by atoms with Crippen LogP contribution in [0, 0.1) is 5.92 Å². The molecule has 1 aromatic heterocycles. The van der Waals surface area contributed by atoms with E-state index in [-0.39, 0.29) is 0 Å². The lowest BCUT2D eigenvalue weighted by Gasteiger charge is -2.15. The summed E-state index contributed by atoms with van der Waals surface area (Å²) < 4.78 is 0. The van der Waals surface area contributed by atoms with E-state index in [0.29, 0.717) is 12.0 Å². The second kappa shape index (κ2) is 5.21. The van der Waals surface area contributed by atoms with Gasteiger partial charge in [-0.2, -0.15) is 9.97 Å². The lowest BCUT2D eigenvalue weighted by Crippen LogP contribution is -2.17. The van der Waals surface area contributed by atoms with Crippen molar-refractivity contribution in [1.29, 1.82) is 0 Å². The zero-order valence-corrected chi connectivity index (χ0v) is 10.5. The largest absolute Gasteiger partial charge is 0.370 e. The van der Waals surface area contributed by atoms with Crippen LogP contribution in [0.3, 0.4) is 0 Å². The molecule has 0 amide bonds. The lowest BCUT2D eigenvalue weighted by atomic mass is 10.1. The molecule has 0 bridgehead atoms. The highest BCUT2D eigenvalue weighted by Crippen LogP contribution is 2.34. The third kappa shape index (κ3) is 3.76. The van der Waals surface area contributed by atoms with Crippen molar-refractivity contribution in [3.05, 3.63) is 6.07 Å². The Morgan fingerprint density at radius 2 is 2.12 bits per heavy atom. The summed E-state index contributed by atoms with van der Waals surface area (Å²) in [6.45, 7) is 5.04. The average molecular weight is 235 g/mol. The van der Waals surface area contributed by atoms with Gasteiger partial charge in [0, 0.05) is 18.7 Å². The van der Waals surface area contributed by atoms with Gasteiger partial charge in [0.1, 0.15) is 11.6 Å². The number of nitrogen functional groups attached to an aromatic ring is 1. The molecule has 0 radical (unpaired) electrons. The van der Waals surface area contributed by atoms with E-state index in [4.69, 9.17) is 5.73 Å². The van der Waals surface area contributed by atoms with Crippen LogP contribution in [0.15, 0.2) is 6.07 Å². The molecule has 1 atom stereocenters. The molecular weight excluding hydrogens is 214 g/mol. The minimum atomic E-state index is 0.310. The van der Waals surface area contributed by atoms with Crippen LogP contribution in [-0.4, -0.2) is 22.6 Å². The van der Waals surface area contributed by atoms with Crippen molar-refractivity contribution in [2.75, 3.05) is 22.9 Å². The average Bonchev–Trinajstić information content (AvgIpc) is 3.00. The van der Waals surface area contributed by atoms with Gasteiger partial charge in [0.05, 0.1) is 0 Å². The van der Waals surface area contributed by atoms with Gasteiger partial charge in [-0.3, -0.25) is 0 Å². The second-order valence-corrected chi connectivity index (χ2v) is 4.75. The van der Waals surface area contributed by atoms with Gasteiger partial charge in [-0.25, -0.2) is 0 Å². The SMILES string of the molecule is CCNc1cc(NC(C)CC2CC2)nc(N)n1. The van der Waals surface area contributed by atoms with E-state index in [0.717, 1.165) is 24.1 Å². The molecular formula is C12H21N5. The van der Waals surface area contributed by atoms with E-state index in [1.165, 1.54) is 19.3 Å². The molecule has 0 saturated heterocycles. The molecule has 5 nitrogen and oxygen atoms in total. The van der Waals surface area contributed by atoms with E-state index < -0.39 is 0 Å². The zero-order chi connectivity index (χ0) is 12.3. The van der Waals surface area contributed by atoms with Gasteiger partial charge in [-0.05, 0) is 26.2 Å². The van der Waals surface area contributed by atoms with E-state index in [9.17, 15) is 0 Å². The maximum atomic E-state index is 5.68. The predicted octanol–water partition coefficient (Wildman–Crippen LogP) is 2.09. The Hall–Kier alpha value is -1.52. The van der Waals surface area contributed by atoms with Gasteiger partial charge in [0.2, 0.25) is 5.95 Å². The standard InChI is InChI=1S/C12H21N5/c1-3-14-10-7-11(17-12(13)16-10)15-8(2)6-9-4-5-9/h7-9H,3-6H2,1-2H3,(H4,13,14,15,16,17). The topological polar surface area (TPSA) is 75.9 Å². The van der Waals surface area contributed by atoms with Crippen LogP contribution in [-0.2, 0) is 0 Å². The number of aromatic nitrogens is 2. The Morgan fingerprint density at radius 3 is 2.76 bits per heavy atom. The van der Waals surface area contributed by atoms with E-state index in [1.54, 1.807) is 0 Å². The smallest absolute Gasteiger partial charge is 0.223 e. The number of anilines is 3.